The van der Waals surface area contributed by atoms with Gasteiger partial charge in [0.2, 0.25) is 0 Å². The fraction of sp³-hybridized carbons (Fsp3) is 0.300. The van der Waals surface area contributed by atoms with Crippen molar-refractivity contribution in [3.8, 4) is 5.75 Å². The smallest absolute Gasteiger partial charge is 0.146 e. The molecule has 2 aromatic heterocycles. The Morgan fingerprint density at radius 2 is 1.72 bits per heavy atom. The molecule has 0 aliphatic carbocycles. The van der Waals surface area contributed by atoms with E-state index in [4.69, 9.17) is 0 Å². The molecule has 1 aliphatic rings. The molecule has 5 nitrogen and oxygen atoms in total. The number of rotatable bonds is 3. The third-order valence-corrected chi connectivity index (χ3v) is 5.00. The van der Waals surface area contributed by atoms with Crippen molar-refractivity contribution in [2.75, 3.05) is 33.2 Å². The first kappa shape index (κ1) is 16.0. The van der Waals surface area contributed by atoms with Gasteiger partial charge in [-0.15, -0.1) is 0 Å². The summed E-state index contributed by atoms with van der Waals surface area (Å²) in [5.41, 5.74) is 2.71. The monoisotopic (exact) mass is 334 g/mol. The number of aromatic nitrogens is 2. The van der Waals surface area contributed by atoms with E-state index in [0.717, 1.165) is 42.7 Å². The number of aromatic hydroxyl groups is 1. The lowest BCUT2D eigenvalue weighted by molar-refractivity contribution is 0.126. The highest BCUT2D eigenvalue weighted by Gasteiger charge is 2.28. The van der Waals surface area contributed by atoms with E-state index in [1.54, 1.807) is 6.20 Å². The van der Waals surface area contributed by atoms with Crippen LogP contribution in [0.5, 0.6) is 5.75 Å². The second kappa shape index (κ2) is 6.78. The molecule has 0 amide bonds. The molecular formula is C20H22N4O. The molecule has 0 unspecified atom stereocenters. The van der Waals surface area contributed by atoms with Crippen molar-refractivity contribution in [3.63, 3.8) is 0 Å². The Hall–Kier alpha value is -2.50. The number of benzene rings is 1. The molecule has 1 fully saturated rings. The minimum absolute atomic E-state index is 0.00288. The zero-order valence-corrected chi connectivity index (χ0v) is 14.3. The molecule has 0 saturated carbocycles. The maximum absolute atomic E-state index is 10.9. The van der Waals surface area contributed by atoms with E-state index >= 15 is 0 Å². The number of hydrogen-bond acceptors (Lipinski definition) is 5. The highest BCUT2D eigenvalue weighted by molar-refractivity contribution is 5.85. The SMILES string of the molecule is CN1CCN([C@H](c2ccncc2)c2ccc3cccnc3c2O)CC1. The van der Waals surface area contributed by atoms with E-state index in [-0.39, 0.29) is 11.8 Å². The summed E-state index contributed by atoms with van der Waals surface area (Å²) in [4.78, 5) is 13.3. The molecule has 0 spiro atoms. The van der Waals surface area contributed by atoms with Gasteiger partial charge in [0.1, 0.15) is 11.3 Å². The van der Waals surface area contributed by atoms with Crippen molar-refractivity contribution >= 4 is 10.9 Å². The van der Waals surface area contributed by atoms with Gasteiger partial charge in [-0.3, -0.25) is 14.9 Å². The Bertz CT molecular complexity index is 860. The summed E-state index contributed by atoms with van der Waals surface area (Å²) in [5.74, 6) is 0.277. The lowest BCUT2D eigenvalue weighted by Gasteiger charge is -2.38. The Balaban J connectivity index is 1.82. The van der Waals surface area contributed by atoms with E-state index < -0.39 is 0 Å². The minimum atomic E-state index is 0.00288. The predicted octanol–water partition coefficient (Wildman–Crippen LogP) is 2.67. The molecule has 128 valence electrons. The summed E-state index contributed by atoms with van der Waals surface area (Å²) in [6, 6.07) is 12.0. The van der Waals surface area contributed by atoms with Crippen LogP contribution in [0.3, 0.4) is 0 Å². The molecule has 1 aliphatic heterocycles. The largest absolute Gasteiger partial charge is 0.505 e. The summed E-state index contributed by atoms with van der Waals surface area (Å²) < 4.78 is 0. The van der Waals surface area contributed by atoms with Gasteiger partial charge in [0, 0.05) is 55.7 Å². The van der Waals surface area contributed by atoms with Crippen LogP contribution in [-0.2, 0) is 0 Å². The van der Waals surface area contributed by atoms with Crippen LogP contribution in [0.15, 0.2) is 55.0 Å². The van der Waals surface area contributed by atoms with Crippen molar-refractivity contribution in [3.05, 3.63) is 66.1 Å². The maximum Gasteiger partial charge on any atom is 0.146 e. The molecule has 4 rings (SSSR count). The second-order valence-corrected chi connectivity index (χ2v) is 6.60. The first-order valence-corrected chi connectivity index (χ1v) is 8.63. The topological polar surface area (TPSA) is 52.5 Å². The van der Waals surface area contributed by atoms with Gasteiger partial charge in [-0.05, 0) is 30.8 Å². The third kappa shape index (κ3) is 3.08. The van der Waals surface area contributed by atoms with E-state index in [1.165, 1.54) is 0 Å². The normalized spacial score (nSPS) is 17.6. The van der Waals surface area contributed by atoms with Crippen LogP contribution in [0.25, 0.3) is 10.9 Å². The summed E-state index contributed by atoms with van der Waals surface area (Å²) in [5, 5.41) is 11.9. The van der Waals surface area contributed by atoms with Gasteiger partial charge in [0.25, 0.3) is 0 Å². The molecular weight excluding hydrogens is 312 g/mol. The fourth-order valence-corrected chi connectivity index (χ4v) is 3.58. The van der Waals surface area contributed by atoms with Gasteiger partial charge in [-0.1, -0.05) is 18.2 Å². The molecule has 5 heteroatoms. The molecule has 3 aromatic rings. The van der Waals surface area contributed by atoms with Crippen molar-refractivity contribution in [1.29, 1.82) is 0 Å². The van der Waals surface area contributed by atoms with Gasteiger partial charge in [-0.25, -0.2) is 0 Å². The van der Waals surface area contributed by atoms with E-state index in [1.807, 2.05) is 48.8 Å². The third-order valence-electron chi connectivity index (χ3n) is 5.00. The number of likely N-dealkylation sites (N-methyl/N-ethyl adjacent to an activating group) is 1. The van der Waals surface area contributed by atoms with Crippen molar-refractivity contribution in [2.45, 2.75) is 6.04 Å². The standard InChI is InChI=1S/C20H22N4O/c1-23-11-13-24(14-12-23)19(16-6-9-21-10-7-16)17-5-4-15-3-2-8-22-18(15)20(17)25/h2-10,19,25H,11-14H2,1H3/t19-/m1/s1. The maximum atomic E-state index is 10.9. The van der Waals surface area contributed by atoms with Gasteiger partial charge < -0.3 is 10.0 Å². The van der Waals surface area contributed by atoms with Gasteiger partial charge in [-0.2, -0.15) is 0 Å². The summed E-state index contributed by atoms with van der Waals surface area (Å²) in [6.07, 6.45) is 5.35. The van der Waals surface area contributed by atoms with Crippen LogP contribution in [0, 0.1) is 0 Å². The lowest BCUT2D eigenvalue weighted by atomic mass is 9.95. The zero-order chi connectivity index (χ0) is 17.2. The molecule has 3 heterocycles. The average Bonchev–Trinajstić information content (AvgIpc) is 2.66. The molecule has 1 atom stereocenters. The molecule has 1 aromatic carbocycles. The van der Waals surface area contributed by atoms with Gasteiger partial charge in [0.15, 0.2) is 0 Å². The zero-order valence-electron chi connectivity index (χ0n) is 14.3. The second-order valence-electron chi connectivity index (χ2n) is 6.60. The average molecular weight is 334 g/mol. The Labute approximate surface area is 147 Å². The van der Waals surface area contributed by atoms with Gasteiger partial charge >= 0.3 is 0 Å². The molecule has 25 heavy (non-hydrogen) atoms. The molecule has 0 radical (unpaired) electrons. The Kier molecular flexibility index (Phi) is 4.34. The van der Waals surface area contributed by atoms with Crippen LogP contribution in [-0.4, -0.2) is 58.1 Å². The minimum Gasteiger partial charge on any atom is -0.505 e. The summed E-state index contributed by atoms with van der Waals surface area (Å²) in [7, 11) is 2.15. The van der Waals surface area contributed by atoms with Crippen LogP contribution < -0.4 is 0 Å². The number of piperazine rings is 1. The van der Waals surface area contributed by atoms with Crippen LogP contribution >= 0.6 is 0 Å². The summed E-state index contributed by atoms with van der Waals surface area (Å²) >= 11 is 0. The number of nitrogens with zero attached hydrogens (tertiary/aromatic N) is 4. The molecule has 1 N–H and O–H groups in total. The first-order chi connectivity index (χ1) is 12.2. The van der Waals surface area contributed by atoms with Crippen molar-refractivity contribution in [1.82, 2.24) is 19.8 Å². The Morgan fingerprint density at radius 3 is 2.48 bits per heavy atom. The number of hydrogen-bond donors (Lipinski definition) is 1. The van der Waals surface area contributed by atoms with Crippen molar-refractivity contribution in [2.24, 2.45) is 0 Å². The quantitative estimate of drug-likeness (QED) is 0.798. The number of pyridine rings is 2. The number of phenolic OH excluding ortho intramolecular Hbond substituents is 1. The highest BCUT2D eigenvalue weighted by atomic mass is 16.3. The van der Waals surface area contributed by atoms with Crippen LogP contribution in [0.4, 0.5) is 0 Å². The van der Waals surface area contributed by atoms with Crippen molar-refractivity contribution < 1.29 is 5.11 Å². The molecule has 0 bridgehead atoms. The summed E-state index contributed by atoms with van der Waals surface area (Å²) in [6.45, 7) is 3.97. The predicted molar refractivity (Wildman–Crippen MR) is 98.6 cm³/mol. The highest BCUT2D eigenvalue weighted by Crippen LogP contribution is 2.37. The van der Waals surface area contributed by atoms with E-state index in [0.29, 0.717) is 5.52 Å². The van der Waals surface area contributed by atoms with E-state index in [9.17, 15) is 5.11 Å². The first-order valence-electron chi connectivity index (χ1n) is 8.63. The number of fused-ring (bicyclic) bond motifs is 1. The fourth-order valence-electron chi connectivity index (χ4n) is 3.58. The Morgan fingerprint density at radius 1 is 0.960 bits per heavy atom. The van der Waals surface area contributed by atoms with Crippen LogP contribution in [0.2, 0.25) is 0 Å². The molecule has 1 saturated heterocycles. The van der Waals surface area contributed by atoms with E-state index in [2.05, 4.69) is 26.8 Å². The number of phenols is 1. The van der Waals surface area contributed by atoms with Crippen LogP contribution in [0.1, 0.15) is 17.2 Å². The van der Waals surface area contributed by atoms with Gasteiger partial charge in [0.05, 0.1) is 6.04 Å². The lowest BCUT2D eigenvalue weighted by Crippen LogP contribution is -2.46.